The number of nitrogens with one attached hydrogen (secondary N) is 4. The first-order valence-corrected chi connectivity index (χ1v) is 14.5. The predicted molar refractivity (Wildman–Crippen MR) is 160 cm³/mol. The summed E-state index contributed by atoms with van der Waals surface area (Å²) in [6.07, 6.45) is 6.73. The van der Waals surface area contributed by atoms with E-state index in [2.05, 4.69) is 41.2 Å². The number of fused-ring (bicyclic) bond motifs is 1. The van der Waals surface area contributed by atoms with Gasteiger partial charge in [0.2, 0.25) is 5.91 Å². The van der Waals surface area contributed by atoms with Crippen LogP contribution in [-0.2, 0) is 19.9 Å². The van der Waals surface area contributed by atoms with Gasteiger partial charge in [0.1, 0.15) is 6.54 Å². The van der Waals surface area contributed by atoms with Crippen molar-refractivity contribution in [2.45, 2.75) is 45.3 Å². The molecular weight excluding hydrogens is 556 g/mol. The zero-order valence-corrected chi connectivity index (χ0v) is 24.4. The van der Waals surface area contributed by atoms with Gasteiger partial charge in [-0.1, -0.05) is 17.4 Å². The van der Waals surface area contributed by atoms with E-state index in [1.165, 1.54) is 11.3 Å². The molecule has 4 heterocycles. The van der Waals surface area contributed by atoms with Gasteiger partial charge in [-0.15, -0.1) is 0 Å². The van der Waals surface area contributed by atoms with Crippen LogP contribution in [0.5, 0.6) is 0 Å². The van der Waals surface area contributed by atoms with Crippen molar-refractivity contribution in [3.63, 3.8) is 0 Å². The molecule has 13 heteroatoms. The van der Waals surface area contributed by atoms with Crippen LogP contribution in [0.2, 0.25) is 0 Å². The number of thiazole rings is 1. The van der Waals surface area contributed by atoms with Gasteiger partial charge in [-0.2, -0.15) is 0 Å². The Morgan fingerprint density at radius 1 is 1.10 bits per heavy atom. The second-order valence-electron chi connectivity index (χ2n) is 10.2. The minimum absolute atomic E-state index is 0.211. The number of carbonyl (C=O) groups is 3. The number of rotatable bonds is 9. The van der Waals surface area contributed by atoms with E-state index >= 15 is 0 Å². The maximum absolute atomic E-state index is 12.5. The van der Waals surface area contributed by atoms with Crippen LogP contribution < -0.4 is 21.3 Å². The zero-order chi connectivity index (χ0) is 29.7. The lowest BCUT2D eigenvalue weighted by Crippen LogP contribution is -2.43. The van der Waals surface area contributed by atoms with E-state index in [4.69, 9.17) is 4.74 Å². The van der Waals surface area contributed by atoms with Crippen LogP contribution in [0.15, 0.2) is 48.9 Å². The van der Waals surface area contributed by atoms with Gasteiger partial charge in [-0.25, -0.2) is 19.7 Å². The van der Waals surface area contributed by atoms with E-state index in [0.29, 0.717) is 23.0 Å². The molecule has 218 valence electrons. The van der Waals surface area contributed by atoms with Crippen LogP contribution >= 0.6 is 11.3 Å². The molecule has 3 aromatic heterocycles. The molecule has 1 saturated heterocycles. The molecule has 5 rings (SSSR count). The van der Waals surface area contributed by atoms with E-state index in [1.54, 1.807) is 32.4 Å². The highest BCUT2D eigenvalue weighted by atomic mass is 32.1. The molecule has 4 aromatic rings. The van der Waals surface area contributed by atoms with Crippen molar-refractivity contribution >= 4 is 44.6 Å². The number of benzene rings is 1. The van der Waals surface area contributed by atoms with E-state index in [-0.39, 0.29) is 24.5 Å². The van der Waals surface area contributed by atoms with Gasteiger partial charge in [-0.05, 0) is 70.0 Å². The van der Waals surface area contributed by atoms with Gasteiger partial charge in [-0.3, -0.25) is 19.9 Å². The fourth-order valence-corrected chi connectivity index (χ4v) is 5.58. The van der Waals surface area contributed by atoms with Gasteiger partial charge in [0.25, 0.3) is 0 Å². The highest BCUT2D eigenvalue weighted by Crippen LogP contribution is 2.38. The molecule has 1 aliphatic heterocycles. The molecule has 1 fully saturated rings. The number of carbonyl (C=O) groups excluding carboxylic acids is 3. The molecular formula is C29H32N8O4S. The first-order valence-electron chi connectivity index (χ1n) is 13.7. The van der Waals surface area contributed by atoms with E-state index in [1.807, 2.05) is 37.3 Å². The molecule has 0 bridgehead atoms. The maximum Gasteiger partial charge on any atom is 0.326 e. The number of anilines is 1. The average Bonchev–Trinajstić information content (AvgIpc) is 3.66. The number of ether oxygens (including phenoxy) is 1. The predicted octanol–water partition coefficient (Wildman–Crippen LogP) is 3.60. The summed E-state index contributed by atoms with van der Waals surface area (Å²) in [5, 5.41) is 11.7. The Labute approximate surface area is 246 Å². The van der Waals surface area contributed by atoms with Crippen molar-refractivity contribution in [1.82, 2.24) is 35.9 Å². The molecule has 1 aliphatic rings. The molecule has 0 saturated carbocycles. The topological polar surface area (TPSA) is 160 Å². The molecule has 0 spiro atoms. The lowest BCUT2D eigenvalue weighted by atomic mass is 10.0. The van der Waals surface area contributed by atoms with Gasteiger partial charge < -0.3 is 20.7 Å². The highest BCUT2D eigenvalue weighted by molar-refractivity contribution is 7.22. The molecule has 3 amide bonds. The van der Waals surface area contributed by atoms with Crippen molar-refractivity contribution in [1.29, 1.82) is 0 Å². The fourth-order valence-electron chi connectivity index (χ4n) is 4.61. The van der Waals surface area contributed by atoms with Crippen LogP contribution in [0.1, 0.15) is 39.4 Å². The van der Waals surface area contributed by atoms with Gasteiger partial charge in [0.05, 0.1) is 22.0 Å². The summed E-state index contributed by atoms with van der Waals surface area (Å²) in [4.78, 5) is 54.9. The monoisotopic (exact) mass is 588 g/mol. The Kier molecular flexibility index (Phi) is 8.69. The third-order valence-corrected chi connectivity index (χ3v) is 7.68. The number of pyridine rings is 1. The number of nitrogens with zero attached hydrogens (tertiary/aromatic N) is 4. The van der Waals surface area contributed by atoms with Crippen LogP contribution in [-0.4, -0.2) is 63.5 Å². The number of urea groups is 1. The molecule has 1 aromatic carbocycles. The molecule has 0 radical (unpaired) electrons. The van der Waals surface area contributed by atoms with Crippen LogP contribution in [0.3, 0.4) is 0 Å². The van der Waals surface area contributed by atoms with E-state index in [0.717, 1.165) is 46.5 Å². The van der Waals surface area contributed by atoms with E-state index in [9.17, 15) is 14.4 Å². The second kappa shape index (κ2) is 12.6. The summed E-state index contributed by atoms with van der Waals surface area (Å²) in [7, 11) is 0. The second-order valence-corrected chi connectivity index (χ2v) is 11.2. The summed E-state index contributed by atoms with van der Waals surface area (Å²) in [5.41, 5.74) is 2.73. The fraction of sp³-hybridized carbons (Fsp3) is 0.345. The molecule has 12 nitrogen and oxygen atoms in total. The Bertz CT molecular complexity index is 1580. The van der Waals surface area contributed by atoms with Gasteiger partial charge in [0, 0.05) is 36.3 Å². The standard InChI is InChI=1S/C29H32N8O4S/c1-4-30-27(40)37-28-36-22-13-17(12-19(24(22)42-28)20-8-5-6-10-31-20)18-14-34-26(35-15-18)29(2,3)41-23(38)16-33-25(39)21-9-7-11-32-21/h5-6,8,10,12-15,21,32H,4,7,9,11,16H2,1-3H3,(H,33,39)(H2,30,36,37,40). The first-order chi connectivity index (χ1) is 20.2. The number of esters is 1. The Balaban J connectivity index is 1.36. The molecule has 1 unspecified atom stereocenters. The number of hydrogen-bond acceptors (Lipinski definition) is 10. The van der Waals surface area contributed by atoms with Crippen LogP contribution in [0, 0.1) is 0 Å². The Morgan fingerprint density at radius 3 is 2.60 bits per heavy atom. The molecule has 4 N–H and O–H groups in total. The van der Waals surface area contributed by atoms with E-state index < -0.39 is 11.6 Å². The number of aromatic nitrogens is 4. The third-order valence-electron chi connectivity index (χ3n) is 6.67. The zero-order valence-electron chi connectivity index (χ0n) is 23.6. The minimum Gasteiger partial charge on any atom is -0.450 e. The Hall–Kier alpha value is -4.49. The largest absolute Gasteiger partial charge is 0.450 e. The third kappa shape index (κ3) is 6.69. The van der Waals surface area contributed by atoms with Crippen LogP contribution in [0.4, 0.5) is 9.93 Å². The molecule has 42 heavy (non-hydrogen) atoms. The minimum atomic E-state index is -1.12. The smallest absolute Gasteiger partial charge is 0.326 e. The maximum atomic E-state index is 12.5. The van der Waals surface area contributed by atoms with Gasteiger partial charge in [0.15, 0.2) is 16.6 Å². The molecule has 0 aliphatic carbocycles. The Morgan fingerprint density at radius 2 is 1.90 bits per heavy atom. The average molecular weight is 589 g/mol. The number of amides is 3. The van der Waals surface area contributed by atoms with Crippen molar-refractivity contribution in [3.05, 3.63) is 54.7 Å². The normalized spacial score (nSPS) is 14.9. The molecule has 1 atom stereocenters. The summed E-state index contributed by atoms with van der Waals surface area (Å²) < 4.78 is 6.49. The SMILES string of the molecule is CCNC(=O)Nc1nc2cc(-c3cnc(C(C)(C)OC(=O)CNC(=O)C4CCCN4)nc3)cc(-c3ccccn3)c2s1. The number of hydrogen-bond donors (Lipinski definition) is 4. The summed E-state index contributed by atoms with van der Waals surface area (Å²) in [6.45, 7) is 6.30. The van der Waals surface area contributed by atoms with Crippen molar-refractivity contribution in [3.8, 4) is 22.4 Å². The first kappa shape index (κ1) is 29.0. The summed E-state index contributed by atoms with van der Waals surface area (Å²) in [6, 6.07) is 8.98. The summed E-state index contributed by atoms with van der Waals surface area (Å²) >= 11 is 1.37. The van der Waals surface area contributed by atoms with Gasteiger partial charge >= 0.3 is 12.0 Å². The summed E-state index contributed by atoms with van der Waals surface area (Å²) in [5.74, 6) is -0.473. The van der Waals surface area contributed by atoms with Crippen LogP contribution in [0.25, 0.3) is 32.6 Å². The van der Waals surface area contributed by atoms with Crippen molar-refractivity contribution in [2.24, 2.45) is 0 Å². The van der Waals surface area contributed by atoms with Crippen molar-refractivity contribution in [2.75, 3.05) is 25.0 Å². The highest BCUT2D eigenvalue weighted by Gasteiger charge is 2.30. The lowest BCUT2D eigenvalue weighted by Gasteiger charge is -2.24. The lowest BCUT2D eigenvalue weighted by molar-refractivity contribution is -0.157. The van der Waals surface area contributed by atoms with Crippen molar-refractivity contribution < 1.29 is 19.1 Å². The quantitative estimate of drug-likeness (QED) is 0.214.